The monoisotopic (exact) mass is 373 g/mol. The summed E-state index contributed by atoms with van der Waals surface area (Å²) in [4.78, 5) is 16.7. The molecular formula is C21H25F2N3O. The Labute approximate surface area is 158 Å². The van der Waals surface area contributed by atoms with Gasteiger partial charge in [0, 0.05) is 36.0 Å². The predicted molar refractivity (Wildman–Crippen MR) is 103 cm³/mol. The lowest BCUT2D eigenvalue weighted by Crippen LogP contribution is -2.45. The maximum absolute atomic E-state index is 13.6. The van der Waals surface area contributed by atoms with Gasteiger partial charge in [-0.05, 0) is 61.9 Å². The fourth-order valence-electron chi connectivity index (χ4n) is 3.81. The molecule has 1 fully saturated rings. The molecule has 0 unspecified atom stereocenters. The zero-order valence-corrected chi connectivity index (χ0v) is 15.6. The fourth-order valence-corrected chi connectivity index (χ4v) is 3.81. The van der Waals surface area contributed by atoms with E-state index in [0.29, 0.717) is 18.5 Å². The van der Waals surface area contributed by atoms with Gasteiger partial charge in [0.15, 0.2) is 0 Å². The van der Waals surface area contributed by atoms with Gasteiger partial charge in [-0.3, -0.25) is 9.78 Å². The van der Waals surface area contributed by atoms with Crippen LogP contribution in [0.25, 0.3) is 11.1 Å². The molecule has 1 heterocycles. The van der Waals surface area contributed by atoms with Gasteiger partial charge in [0.1, 0.15) is 0 Å². The lowest BCUT2D eigenvalue weighted by Gasteiger charge is -2.31. The van der Waals surface area contributed by atoms with Crippen LogP contribution < -0.4 is 11.1 Å². The van der Waals surface area contributed by atoms with Crippen molar-refractivity contribution in [3.05, 3.63) is 47.8 Å². The number of aromatic nitrogens is 1. The highest BCUT2D eigenvalue weighted by molar-refractivity contribution is 5.95. The van der Waals surface area contributed by atoms with E-state index in [9.17, 15) is 13.6 Å². The second kappa shape index (κ2) is 7.72. The number of anilines is 1. The molecule has 2 aromatic rings. The van der Waals surface area contributed by atoms with E-state index in [2.05, 4.69) is 10.3 Å². The molecule has 0 radical (unpaired) electrons. The van der Waals surface area contributed by atoms with Crippen LogP contribution >= 0.6 is 0 Å². The lowest BCUT2D eigenvalue weighted by molar-refractivity contribution is -0.120. The summed E-state index contributed by atoms with van der Waals surface area (Å²) in [6.45, 7) is 3.98. The standard InChI is InChI=1S/C21H25F2N3O/c1-13-9-11-25-14(2)18(13)15-5-7-17(8-6-15)26-20(27)19(24)16-4-3-10-21(22,23)12-16/h5-9,11,16,19H,3-4,10,12,24H2,1-2H3,(H,26,27)/t16-,19-/m0/s1. The molecule has 1 aromatic carbocycles. The number of halogens is 2. The van der Waals surface area contributed by atoms with Crippen LogP contribution in [0.15, 0.2) is 36.5 Å². The smallest absolute Gasteiger partial charge is 0.248 e. The highest BCUT2D eigenvalue weighted by atomic mass is 19.3. The zero-order valence-electron chi connectivity index (χ0n) is 15.6. The van der Waals surface area contributed by atoms with Crippen LogP contribution in [0.4, 0.5) is 14.5 Å². The Morgan fingerprint density at radius 1 is 1.26 bits per heavy atom. The molecule has 1 aliphatic rings. The van der Waals surface area contributed by atoms with Gasteiger partial charge in [-0.1, -0.05) is 12.1 Å². The third-order valence-electron chi connectivity index (χ3n) is 5.28. The number of aryl methyl sites for hydroxylation is 2. The number of nitrogens with zero attached hydrogens (tertiary/aromatic N) is 1. The molecule has 3 rings (SSSR count). The predicted octanol–water partition coefficient (Wildman–Crippen LogP) is 4.46. The van der Waals surface area contributed by atoms with Crippen molar-refractivity contribution in [2.75, 3.05) is 5.32 Å². The number of carbonyl (C=O) groups excluding carboxylic acids is 1. The van der Waals surface area contributed by atoms with Gasteiger partial charge in [-0.25, -0.2) is 8.78 Å². The molecule has 0 spiro atoms. The Balaban J connectivity index is 1.68. The fraction of sp³-hybridized carbons (Fsp3) is 0.429. The van der Waals surface area contributed by atoms with Crippen molar-refractivity contribution in [2.45, 2.75) is 51.5 Å². The van der Waals surface area contributed by atoms with Crippen molar-refractivity contribution < 1.29 is 13.6 Å². The third-order valence-corrected chi connectivity index (χ3v) is 5.28. The van der Waals surface area contributed by atoms with E-state index in [4.69, 9.17) is 5.73 Å². The molecule has 6 heteroatoms. The van der Waals surface area contributed by atoms with Crippen LogP contribution in [0.5, 0.6) is 0 Å². The minimum Gasteiger partial charge on any atom is -0.325 e. The number of rotatable bonds is 4. The molecule has 0 saturated heterocycles. The molecule has 1 saturated carbocycles. The average molecular weight is 373 g/mol. The van der Waals surface area contributed by atoms with Crippen LogP contribution in [0.1, 0.15) is 36.9 Å². The topological polar surface area (TPSA) is 68.0 Å². The largest absolute Gasteiger partial charge is 0.325 e. The van der Waals surface area contributed by atoms with Crippen molar-refractivity contribution >= 4 is 11.6 Å². The van der Waals surface area contributed by atoms with Crippen LogP contribution in [0, 0.1) is 19.8 Å². The van der Waals surface area contributed by atoms with Crippen molar-refractivity contribution in [3.8, 4) is 11.1 Å². The summed E-state index contributed by atoms with van der Waals surface area (Å²) >= 11 is 0. The van der Waals surface area contributed by atoms with Crippen LogP contribution in [0.2, 0.25) is 0 Å². The Hall–Kier alpha value is -2.34. The van der Waals surface area contributed by atoms with E-state index in [1.807, 2.05) is 32.0 Å². The molecule has 1 aliphatic carbocycles. The summed E-state index contributed by atoms with van der Waals surface area (Å²) < 4.78 is 27.2. The van der Waals surface area contributed by atoms with Crippen LogP contribution in [0.3, 0.4) is 0 Å². The molecule has 0 aliphatic heterocycles. The van der Waals surface area contributed by atoms with Crippen molar-refractivity contribution in [2.24, 2.45) is 11.7 Å². The van der Waals surface area contributed by atoms with E-state index in [0.717, 1.165) is 22.4 Å². The molecule has 1 aromatic heterocycles. The summed E-state index contributed by atoms with van der Waals surface area (Å²) in [5.74, 6) is -3.63. The highest BCUT2D eigenvalue weighted by Crippen LogP contribution is 2.38. The maximum Gasteiger partial charge on any atom is 0.248 e. The molecule has 0 bridgehead atoms. The minimum atomic E-state index is -2.72. The molecular weight excluding hydrogens is 348 g/mol. The van der Waals surface area contributed by atoms with E-state index >= 15 is 0 Å². The van der Waals surface area contributed by atoms with E-state index in [1.54, 1.807) is 18.3 Å². The van der Waals surface area contributed by atoms with E-state index < -0.39 is 23.8 Å². The Morgan fingerprint density at radius 2 is 1.96 bits per heavy atom. The van der Waals surface area contributed by atoms with Gasteiger partial charge in [-0.15, -0.1) is 0 Å². The lowest BCUT2D eigenvalue weighted by atomic mass is 9.82. The summed E-state index contributed by atoms with van der Waals surface area (Å²) in [6, 6.07) is 8.43. The van der Waals surface area contributed by atoms with Gasteiger partial charge < -0.3 is 11.1 Å². The summed E-state index contributed by atoms with van der Waals surface area (Å²) in [5, 5.41) is 2.75. The number of carbonyl (C=O) groups is 1. The normalized spacial score (nSPS) is 20.1. The first kappa shape index (κ1) is 19.4. The first-order valence-corrected chi connectivity index (χ1v) is 9.24. The van der Waals surface area contributed by atoms with E-state index in [1.165, 1.54) is 0 Å². The first-order valence-electron chi connectivity index (χ1n) is 9.24. The second-order valence-electron chi connectivity index (χ2n) is 7.39. The average Bonchev–Trinajstić information content (AvgIpc) is 2.61. The molecule has 27 heavy (non-hydrogen) atoms. The van der Waals surface area contributed by atoms with Crippen molar-refractivity contribution in [3.63, 3.8) is 0 Å². The number of hydrogen-bond donors (Lipinski definition) is 2. The summed E-state index contributed by atoms with van der Waals surface area (Å²) in [5.41, 5.74) is 10.7. The van der Waals surface area contributed by atoms with Gasteiger partial charge in [0.2, 0.25) is 11.8 Å². The molecule has 4 nitrogen and oxygen atoms in total. The van der Waals surface area contributed by atoms with E-state index in [-0.39, 0.29) is 12.8 Å². The van der Waals surface area contributed by atoms with Crippen molar-refractivity contribution in [1.29, 1.82) is 0 Å². The number of alkyl halides is 2. The Bertz CT molecular complexity index is 800. The zero-order chi connectivity index (χ0) is 19.6. The van der Waals surface area contributed by atoms with Gasteiger partial charge in [0.25, 0.3) is 0 Å². The maximum atomic E-state index is 13.6. The molecule has 1 amide bonds. The number of nitrogens with two attached hydrogens (primary N) is 1. The number of amides is 1. The quantitative estimate of drug-likeness (QED) is 0.832. The number of nitrogens with one attached hydrogen (secondary N) is 1. The van der Waals surface area contributed by atoms with Crippen molar-refractivity contribution in [1.82, 2.24) is 4.98 Å². The molecule has 144 valence electrons. The van der Waals surface area contributed by atoms with Crippen LogP contribution in [-0.2, 0) is 4.79 Å². The molecule has 3 N–H and O–H groups in total. The highest BCUT2D eigenvalue weighted by Gasteiger charge is 2.40. The SMILES string of the molecule is Cc1ccnc(C)c1-c1ccc(NC(=O)[C@@H](N)[C@H]2CCCC(F)(F)C2)cc1. The van der Waals surface area contributed by atoms with Gasteiger partial charge >= 0.3 is 0 Å². The Kier molecular flexibility index (Phi) is 5.56. The minimum absolute atomic E-state index is 0.119. The number of pyridine rings is 1. The summed E-state index contributed by atoms with van der Waals surface area (Å²) in [6.07, 6.45) is 2.30. The van der Waals surface area contributed by atoms with Crippen LogP contribution in [-0.4, -0.2) is 22.9 Å². The van der Waals surface area contributed by atoms with Gasteiger partial charge in [-0.2, -0.15) is 0 Å². The number of benzene rings is 1. The summed E-state index contributed by atoms with van der Waals surface area (Å²) in [7, 11) is 0. The van der Waals surface area contributed by atoms with Gasteiger partial charge in [0.05, 0.1) is 6.04 Å². The Morgan fingerprint density at radius 3 is 2.59 bits per heavy atom. The third kappa shape index (κ3) is 4.50. The first-order chi connectivity index (χ1) is 12.8. The second-order valence-corrected chi connectivity index (χ2v) is 7.39. The number of hydrogen-bond acceptors (Lipinski definition) is 3. The molecule has 2 atom stereocenters.